The van der Waals surface area contributed by atoms with Crippen LogP contribution in [0.5, 0.6) is 0 Å². The van der Waals surface area contributed by atoms with Crippen molar-refractivity contribution in [1.82, 2.24) is 0 Å². The van der Waals surface area contributed by atoms with Gasteiger partial charge in [-0.05, 0) is 23.6 Å². The molecular weight excluding hydrogens is 258 g/mol. The fourth-order valence-electron chi connectivity index (χ4n) is 1.63. The third-order valence-corrected chi connectivity index (χ3v) is 3.14. The van der Waals surface area contributed by atoms with Gasteiger partial charge in [0, 0.05) is 4.47 Å². The standard InChI is InChI=1S/C11H10BrNO2/c1-5(2)6-4-9-7(3-8(6)12)10(14)11(15)13-9/h3-5H,1-2H3,(H,13,14,15). The van der Waals surface area contributed by atoms with Gasteiger partial charge in [0.1, 0.15) is 0 Å². The molecule has 15 heavy (non-hydrogen) atoms. The second-order valence-electron chi connectivity index (χ2n) is 3.86. The topological polar surface area (TPSA) is 46.2 Å². The van der Waals surface area contributed by atoms with Crippen LogP contribution in [0.2, 0.25) is 0 Å². The SMILES string of the molecule is CC(C)c1cc2c(cc1Br)C(=O)C(=O)N2. The number of amides is 1. The van der Waals surface area contributed by atoms with Crippen LogP contribution in [0.25, 0.3) is 0 Å². The lowest BCUT2D eigenvalue weighted by Crippen LogP contribution is -2.12. The van der Waals surface area contributed by atoms with Crippen molar-refractivity contribution in [2.24, 2.45) is 0 Å². The van der Waals surface area contributed by atoms with Gasteiger partial charge in [0.05, 0.1) is 11.3 Å². The Morgan fingerprint density at radius 1 is 1.27 bits per heavy atom. The van der Waals surface area contributed by atoms with Crippen molar-refractivity contribution in [3.05, 3.63) is 27.7 Å². The maximum atomic E-state index is 11.4. The fourth-order valence-corrected chi connectivity index (χ4v) is 2.43. The molecule has 0 atom stereocenters. The van der Waals surface area contributed by atoms with Crippen LogP contribution in [-0.4, -0.2) is 11.7 Å². The monoisotopic (exact) mass is 267 g/mol. The summed E-state index contributed by atoms with van der Waals surface area (Å²) in [6.45, 7) is 4.12. The van der Waals surface area contributed by atoms with Crippen molar-refractivity contribution < 1.29 is 9.59 Å². The molecule has 1 aromatic rings. The van der Waals surface area contributed by atoms with Gasteiger partial charge in [0.15, 0.2) is 0 Å². The van der Waals surface area contributed by atoms with Crippen LogP contribution in [-0.2, 0) is 4.79 Å². The van der Waals surface area contributed by atoms with Crippen molar-refractivity contribution >= 4 is 33.3 Å². The van der Waals surface area contributed by atoms with E-state index in [0.717, 1.165) is 10.0 Å². The number of carbonyl (C=O) groups excluding carboxylic acids is 2. The second-order valence-corrected chi connectivity index (χ2v) is 4.71. The molecule has 0 unspecified atom stereocenters. The van der Waals surface area contributed by atoms with E-state index in [1.165, 1.54) is 0 Å². The minimum absolute atomic E-state index is 0.345. The number of ketones is 1. The first-order valence-corrected chi connectivity index (χ1v) is 5.49. The zero-order valence-electron chi connectivity index (χ0n) is 8.43. The molecule has 0 bridgehead atoms. The molecule has 1 aliphatic rings. The molecule has 2 rings (SSSR count). The number of fused-ring (bicyclic) bond motifs is 1. The number of carbonyl (C=O) groups is 2. The average Bonchev–Trinajstić information content (AvgIpc) is 2.43. The highest BCUT2D eigenvalue weighted by Crippen LogP contribution is 2.33. The van der Waals surface area contributed by atoms with Gasteiger partial charge in [-0.25, -0.2) is 0 Å². The highest BCUT2D eigenvalue weighted by molar-refractivity contribution is 9.10. The first kappa shape index (κ1) is 10.4. The predicted molar refractivity (Wildman–Crippen MR) is 61.2 cm³/mol. The fraction of sp³-hybridized carbons (Fsp3) is 0.273. The molecule has 78 valence electrons. The number of hydrogen-bond donors (Lipinski definition) is 1. The lowest BCUT2D eigenvalue weighted by molar-refractivity contribution is -0.112. The predicted octanol–water partition coefficient (Wildman–Crippen LogP) is 2.71. The molecule has 1 N–H and O–H groups in total. The highest BCUT2D eigenvalue weighted by atomic mass is 79.9. The van der Waals surface area contributed by atoms with Crippen LogP contribution in [0.4, 0.5) is 5.69 Å². The molecule has 0 aliphatic carbocycles. The summed E-state index contributed by atoms with van der Waals surface area (Å²) < 4.78 is 0.876. The highest BCUT2D eigenvalue weighted by Gasteiger charge is 2.29. The van der Waals surface area contributed by atoms with Crippen LogP contribution >= 0.6 is 15.9 Å². The quantitative estimate of drug-likeness (QED) is 0.796. The van der Waals surface area contributed by atoms with Gasteiger partial charge in [0.25, 0.3) is 11.7 Å². The summed E-state index contributed by atoms with van der Waals surface area (Å²) in [6, 6.07) is 3.57. The molecule has 0 radical (unpaired) electrons. The van der Waals surface area contributed by atoms with E-state index in [1.54, 1.807) is 6.07 Å². The molecule has 1 amide bonds. The minimum atomic E-state index is -0.544. The Balaban J connectivity index is 2.59. The number of halogens is 1. The Bertz CT molecular complexity index is 466. The van der Waals surface area contributed by atoms with Crippen LogP contribution in [0.1, 0.15) is 35.7 Å². The van der Waals surface area contributed by atoms with E-state index in [0.29, 0.717) is 17.2 Å². The van der Waals surface area contributed by atoms with E-state index >= 15 is 0 Å². The molecule has 0 saturated heterocycles. The first-order chi connectivity index (χ1) is 7.00. The van der Waals surface area contributed by atoms with Gasteiger partial charge >= 0.3 is 0 Å². The molecule has 1 aromatic carbocycles. The van der Waals surface area contributed by atoms with Crippen LogP contribution in [0.15, 0.2) is 16.6 Å². The molecule has 1 aliphatic heterocycles. The number of nitrogens with one attached hydrogen (secondary N) is 1. The summed E-state index contributed by atoms with van der Waals surface area (Å²) in [7, 11) is 0. The number of hydrogen-bond acceptors (Lipinski definition) is 2. The number of Topliss-reactive ketones (excluding diaryl/α,β-unsaturated/α-hetero) is 1. The zero-order valence-corrected chi connectivity index (χ0v) is 10.0. The molecule has 0 saturated carbocycles. The van der Waals surface area contributed by atoms with Gasteiger partial charge in [-0.15, -0.1) is 0 Å². The van der Waals surface area contributed by atoms with Crippen molar-refractivity contribution in [3.63, 3.8) is 0 Å². The summed E-state index contributed by atoms with van der Waals surface area (Å²) in [5.74, 6) is -0.656. The third kappa shape index (κ3) is 1.59. The third-order valence-electron chi connectivity index (χ3n) is 2.46. The lowest BCUT2D eigenvalue weighted by Gasteiger charge is -2.09. The molecule has 4 heteroatoms. The van der Waals surface area contributed by atoms with E-state index in [4.69, 9.17) is 0 Å². The molecule has 0 spiro atoms. The molecule has 0 aromatic heterocycles. The number of anilines is 1. The van der Waals surface area contributed by atoms with Crippen LogP contribution in [0.3, 0.4) is 0 Å². The zero-order chi connectivity index (χ0) is 11.2. The average molecular weight is 268 g/mol. The van der Waals surface area contributed by atoms with Crippen molar-refractivity contribution in [2.45, 2.75) is 19.8 Å². The maximum Gasteiger partial charge on any atom is 0.296 e. The second kappa shape index (κ2) is 3.45. The van der Waals surface area contributed by atoms with E-state index in [2.05, 4.69) is 35.1 Å². The Labute approximate surface area is 96.0 Å². The normalized spacial score (nSPS) is 14.4. The summed E-state index contributed by atoms with van der Waals surface area (Å²) in [4.78, 5) is 22.5. The van der Waals surface area contributed by atoms with Gasteiger partial charge < -0.3 is 5.32 Å². The summed E-state index contributed by atoms with van der Waals surface area (Å²) in [6.07, 6.45) is 0. The summed E-state index contributed by atoms with van der Waals surface area (Å²) >= 11 is 3.41. The first-order valence-electron chi connectivity index (χ1n) is 4.70. The van der Waals surface area contributed by atoms with Gasteiger partial charge in [-0.1, -0.05) is 29.8 Å². The Kier molecular flexibility index (Phi) is 2.38. The van der Waals surface area contributed by atoms with E-state index in [-0.39, 0.29) is 0 Å². The maximum absolute atomic E-state index is 11.4. The van der Waals surface area contributed by atoms with Crippen molar-refractivity contribution in [3.8, 4) is 0 Å². The van der Waals surface area contributed by atoms with E-state index < -0.39 is 11.7 Å². The minimum Gasteiger partial charge on any atom is -0.318 e. The number of benzene rings is 1. The molecule has 0 fully saturated rings. The Hall–Kier alpha value is -1.16. The smallest absolute Gasteiger partial charge is 0.296 e. The molecular formula is C11H10BrNO2. The van der Waals surface area contributed by atoms with Crippen LogP contribution < -0.4 is 5.32 Å². The van der Waals surface area contributed by atoms with Gasteiger partial charge in [-0.2, -0.15) is 0 Å². The van der Waals surface area contributed by atoms with E-state index in [9.17, 15) is 9.59 Å². The van der Waals surface area contributed by atoms with Gasteiger partial charge in [0.2, 0.25) is 0 Å². The summed E-state index contributed by atoms with van der Waals surface area (Å²) in [5.41, 5.74) is 2.16. The van der Waals surface area contributed by atoms with Crippen molar-refractivity contribution in [1.29, 1.82) is 0 Å². The van der Waals surface area contributed by atoms with Gasteiger partial charge in [-0.3, -0.25) is 9.59 Å². The lowest BCUT2D eigenvalue weighted by atomic mass is 10.0. The molecule has 1 heterocycles. The largest absolute Gasteiger partial charge is 0.318 e. The molecule has 3 nitrogen and oxygen atoms in total. The number of rotatable bonds is 1. The summed E-state index contributed by atoms with van der Waals surface area (Å²) in [5, 5.41) is 2.56. The Morgan fingerprint density at radius 3 is 2.53 bits per heavy atom. The van der Waals surface area contributed by atoms with Crippen LogP contribution in [0, 0.1) is 0 Å². The Morgan fingerprint density at radius 2 is 1.93 bits per heavy atom. The van der Waals surface area contributed by atoms with Crippen molar-refractivity contribution in [2.75, 3.05) is 5.32 Å². The van der Waals surface area contributed by atoms with E-state index in [1.807, 2.05) is 6.07 Å².